The second kappa shape index (κ2) is 5.72. The van der Waals surface area contributed by atoms with Crippen molar-refractivity contribution in [1.82, 2.24) is 0 Å². The van der Waals surface area contributed by atoms with Gasteiger partial charge in [0.25, 0.3) is 11.6 Å². The first-order valence-corrected chi connectivity index (χ1v) is 6.66. The Balaban J connectivity index is 1.89. The average Bonchev–Trinajstić information content (AvgIpc) is 2.52. The number of hydrogen-bond donors (Lipinski definition) is 2. The number of nitro groups is 1. The molecule has 0 unspecified atom stereocenters. The highest BCUT2D eigenvalue weighted by molar-refractivity contribution is 5.96. The number of amides is 1. The zero-order chi connectivity index (χ0) is 15.5. The molecule has 1 amide bonds. The molecule has 1 aliphatic rings. The molecular weight excluding hydrogens is 286 g/mol. The molecule has 2 aromatic carbocycles. The lowest BCUT2D eigenvalue weighted by Crippen LogP contribution is -2.25. The summed E-state index contributed by atoms with van der Waals surface area (Å²) in [5, 5.41) is 16.9. The van der Waals surface area contributed by atoms with Gasteiger partial charge in [0.1, 0.15) is 5.69 Å². The molecule has 0 aromatic heterocycles. The molecule has 0 aliphatic carbocycles. The molecule has 1 aliphatic heterocycles. The van der Waals surface area contributed by atoms with Crippen molar-refractivity contribution in [3.63, 3.8) is 0 Å². The number of nitro benzene ring substituents is 1. The standard InChI is InChI=1S/C15H13N3O4/c19-15-9-22-14-7-13(18(20)21)11(6-12(14)17-15)16-8-10-4-2-1-3-5-10/h1-7,16H,8-9H2,(H,17,19). The summed E-state index contributed by atoms with van der Waals surface area (Å²) in [6.07, 6.45) is 0. The van der Waals surface area contributed by atoms with E-state index >= 15 is 0 Å². The number of nitrogens with zero attached hydrogens (tertiary/aromatic N) is 1. The summed E-state index contributed by atoms with van der Waals surface area (Å²) >= 11 is 0. The molecular formula is C15H13N3O4. The third-order valence-electron chi connectivity index (χ3n) is 3.25. The van der Waals surface area contributed by atoms with Crippen LogP contribution in [0.3, 0.4) is 0 Å². The van der Waals surface area contributed by atoms with Crippen LogP contribution in [0.15, 0.2) is 42.5 Å². The maximum Gasteiger partial charge on any atom is 0.296 e. The van der Waals surface area contributed by atoms with Crippen molar-refractivity contribution in [3.8, 4) is 5.75 Å². The number of nitrogens with one attached hydrogen (secondary N) is 2. The number of hydrogen-bond acceptors (Lipinski definition) is 5. The quantitative estimate of drug-likeness (QED) is 0.668. The number of ether oxygens (including phenoxy) is 1. The van der Waals surface area contributed by atoms with Crippen LogP contribution in [0.25, 0.3) is 0 Å². The number of rotatable bonds is 4. The van der Waals surface area contributed by atoms with Gasteiger partial charge in [-0.25, -0.2) is 0 Å². The van der Waals surface area contributed by atoms with Crippen LogP contribution < -0.4 is 15.4 Å². The van der Waals surface area contributed by atoms with Crippen LogP contribution in [-0.4, -0.2) is 17.4 Å². The predicted molar refractivity (Wildman–Crippen MR) is 81.0 cm³/mol. The largest absolute Gasteiger partial charge is 0.481 e. The normalized spacial score (nSPS) is 12.8. The Morgan fingerprint density at radius 2 is 2.05 bits per heavy atom. The fourth-order valence-electron chi connectivity index (χ4n) is 2.20. The first-order chi connectivity index (χ1) is 10.6. The molecule has 2 aromatic rings. The maximum absolute atomic E-state index is 11.3. The van der Waals surface area contributed by atoms with Gasteiger partial charge in [-0.2, -0.15) is 0 Å². The minimum absolute atomic E-state index is 0.0918. The highest BCUT2D eigenvalue weighted by Crippen LogP contribution is 2.37. The molecule has 0 spiro atoms. The minimum atomic E-state index is -0.479. The van der Waals surface area contributed by atoms with Gasteiger partial charge in [0.15, 0.2) is 12.4 Å². The van der Waals surface area contributed by atoms with Crippen molar-refractivity contribution in [3.05, 3.63) is 58.1 Å². The second-order valence-corrected chi connectivity index (χ2v) is 4.80. The Hall–Kier alpha value is -3.09. The Bertz CT molecular complexity index is 731. The van der Waals surface area contributed by atoms with Gasteiger partial charge in [-0.05, 0) is 11.6 Å². The number of carbonyl (C=O) groups is 1. The SMILES string of the molecule is O=C1COc2cc([N+](=O)[O-])c(NCc3ccccc3)cc2N1. The zero-order valence-electron chi connectivity index (χ0n) is 11.5. The molecule has 0 bridgehead atoms. The zero-order valence-corrected chi connectivity index (χ0v) is 11.5. The Morgan fingerprint density at radius 3 is 2.77 bits per heavy atom. The topological polar surface area (TPSA) is 93.5 Å². The van der Waals surface area contributed by atoms with E-state index in [1.54, 1.807) is 0 Å². The average molecular weight is 299 g/mol. The minimum Gasteiger partial charge on any atom is -0.481 e. The summed E-state index contributed by atoms with van der Waals surface area (Å²) in [7, 11) is 0. The van der Waals surface area contributed by atoms with Crippen LogP contribution >= 0.6 is 0 Å². The molecule has 112 valence electrons. The van der Waals surface area contributed by atoms with Crippen molar-refractivity contribution < 1.29 is 14.5 Å². The van der Waals surface area contributed by atoms with Crippen molar-refractivity contribution in [1.29, 1.82) is 0 Å². The van der Waals surface area contributed by atoms with Crippen LogP contribution in [0.4, 0.5) is 17.1 Å². The molecule has 3 rings (SSSR count). The summed E-state index contributed by atoms with van der Waals surface area (Å²) in [6, 6.07) is 12.4. The van der Waals surface area contributed by atoms with Gasteiger partial charge >= 0.3 is 0 Å². The van der Waals surface area contributed by atoms with Gasteiger partial charge < -0.3 is 15.4 Å². The van der Waals surface area contributed by atoms with Crippen molar-refractivity contribution >= 4 is 23.0 Å². The van der Waals surface area contributed by atoms with E-state index < -0.39 is 4.92 Å². The van der Waals surface area contributed by atoms with Crippen LogP contribution in [-0.2, 0) is 11.3 Å². The van der Waals surface area contributed by atoms with E-state index in [0.717, 1.165) is 5.56 Å². The monoisotopic (exact) mass is 299 g/mol. The first-order valence-electron chi connectivity index (χ1n) is 6.66. The molecule has 22 heavy (non-hydrogen) atoms. The van der Waals surface area contributed by atoms with E-state index in [1.165, 1.54) is 12.1 Å². The highest BCUT2D eigenvalue weighted by Gasteiger charge is 2.23. The van der Waals surface area contributed by atoms with Crippen molar-refractivity contribution in [2.24, 2.45) is 0 Å². The summed E-state index contributed by atoms with van der Waals surface area (Å²) in [4.78, 5) is 22.1. The van der Waals surface area contributed by atoms with Gasteiger partial charge in [0.2, 0.25) is 0 Å². The van der Waals surface area contributed by atoms with E-state index in [2.05, 4.69) is 10.6 Å². The number of benzene rings is 2. The maximum atomic E-state index is 11.3. The number of fused-ring (bicyclic) bond motifs is 1. The smallest absolute Gasteiger partial charge is 0.296 e. The van der Waals surface area contributed by atoms with E-state index in [4.69, 9.17) is 4.74 Å². The number of carbonyl (C=O) groups excluding carboxylic acids is 1. The molecule has 7 heteroatoms. The number of anilines is 2. The Morgan fingerprint density at radius 1 is 1.27 bits per heavy atom. The summed E-state index contributed by atoms with van der Waals surface area (Å²) < 4.78 is 5.20. The highest BCUT2D eigenvalue weighted by atomic mass is 16.6. The summed E-state index contributed by atoms with van der Waals surface area (Å²) in [6.45, 7) is 0.302. The molecule has 1 heterocycles. The van der Waals surface area contributed by atoms with Gasteiger partial charge in [-0.3, -0.25) is 14.9 Å². The van der Waals surface area contributed by atoms with E-state index in [-0.39, 0.29) is 18.2 Å². The third-order valence-corrected chi connectivity index (χ3v) is 3.25. The summed E-state index contributed by atoms with van der Waals surface area (Å²) in [5.41, 5.74) is 1.66. The van der Waals surface area contributed by atoms with Crippen LogP contribution in [0.2, 0.25) is 0 Å². The van der Waals surface area contributed by atoms with Gasteiger partial charge in [0, 0.05) is 6.54 Å². The second-order valence-electron chi connectivity index (χ2n) is 4.80. The Kier molecular flexibility index (Phi) is 3.61. The lowest BCUT2D eigenvalue weighted by Gasteiger charge is -2.19. The molecule has 0 saturated carbocycles. The van der Waals surface area contributed by atoms with Crippen LogP contribution in [0, 0.1) is 10.1 Å². The first kappa shape index (κ1) is 13.9. The summed E-state index contributed by atoms with van der Waals surface area (Å²) in [5.74, 6) is 0.0203. The van der Waals surface area contributed by atoms with E-state index in [0.29, 0.717) is 23.7 Å². The molecule has 0 saturated heterocycles. The van der Waals surface area contributed by atoms with E-state index in [9.17, 15) is 14.9 Å². The molecule has 0 atom stereocenters. The third kappa shape index (κ3) is 2.83. The van der Waals surface area contributed by atoms with Crippen LogP contribution in [0.5, 0.6) is 5.75 Å². The van der Waals surface area contributed by atoms with Gasteiger partial charge in [-0.15, -0.1) is 0 Å². The fourth-order valence-corrected chi connectivity index (χ4v) is 2.20. The Labute approximate surface area is 126 Å². The fraction of sp³-hybridized carbons (Fsp3) is 0.133. The lowest BCUT2D eigenvalue weighted by molar-refractivity contribution is -0.384. The van der Waals surface area contributed by atoms with Crippen molar-refractivity contribution in [2.45, 2.75) is 6.54 Å². The van der Waals surface area contributed by atoms with Crippen molar-refractivity contribution in [2.75, 3.05) is 17.2 Å². The van der Waals surface area contributed by atoms with Crippen LogP contribution in [0.1, 0.15) is 5.56 Å². The molecule has 0 radical (unpaired) electrons. The predicted octanol–water partition coefficient (Wildman–Crippen LogP) is 2.54. The van der Waals surface area contributed by atoms with Gasteiger partial charge in [-0.1, -0.05) is 30.3 Å². The van der Waals surface area contributed by atoms with Gasteiger partial charge in [0.05, 0.1) is 16.7 Å². The lowest BCUT2D eigenvalue weighted by atomic mass is 10.2. The molecule has 0 fully saturated rings. The molecule has 2 N–H and O–H groups in total. The molecule has 7 nitrogen and oxygen atoms in total. The van der Waals surface area contributed by atoms with E-state index in [1.807, 2.05) is 30.3 Å².